The molecule has 0 unspecified atom stereocenters. The molecule has 0 aliphatic carbocycles. The molecule has 2 aromatic rings. The van der Waals surface area contributed by atoms with E-state index < -0.39 is 0 Å². The normalized spacial score (nSPS) is 10.7. The number of halogens is 3. The van der Waals surface area contributed by atoms with Gasteiger partial charge in [0.1, 0.15) is 11.6 Å². The Balaban J connectivity index is 2.14. The second kappa shape index (κ2) is 7.29. The third-order valence-electron chi connectivity index (χ3n) is 2.77. The van der Waals surface area contributed by atoms with Crippen molar-refractivity contribution in [1.29, 1.82) is 0 Å². The summed E-state index contributed by atoms with van der Waals surface area (Å²) >= 11 is 11.9. The lowest BCUT2D eigenvalue weighted by Crippen LogP contribution is -2.07. The van der Waals surface area contributed by atoms with Crippen LogP contribution in [0.2, 0.25) is 10.0 Å². The van der Waals surface area contributed by atoms with Crippen LogP contribution in [-0.4, -0.2) is 13.0 Å². The van der Waals surface area contributed by atoms with Crippen molar-refractivity contribution in [3.05, 3.63) is 63.9 Å². The molecule has 0 radical (unpaired) electrons. The van der Waals surface area contributed by atoms with E-state index in [-0.39, 0.29) is 11.7 Å². The Labute approximate surface area is 137 Å². The van der Waals surface area contributed by atoms with Crippen molar-refractivity contribution >= 4 is 40.9 Å². The van der Waals surface area contributed by atoms with Crippen LogP contribution in [0.3, 0.4) is 0 Å². The lowest BCUT2D eigenvalue weighted by molar-refractivity contribution is -0.111. The fourth-order valence-electron chi connectivity index (χ4n) is 1.80. The van der Waals surface area contributed by atoms with Gasteiger partial charge in [-0.15, -0.1) is 0 Å². The average molecular weight is 340 g/mol. The molecule has 3 nitrogen and oxygen atoms in total. The number of nitrogens with one attached hydrogen (secondary N) is 1. The van der Waals surface area contributed by atoms with Gasteiger partial charge in [-0.1, -0.05) is 23.2 Å². The highest BCUT2D eigenvalue weighted by molar-refractivity contribution is 6.36. The van der Waals surface area contributed by atoms with Crippen molar-refractivity contribution < 1.29 is 13.9 Å². The zero-order valence-corrected chi connectivity index (χ0v) is 13.1. The molecule has 0 atom stereocenters. The fourth-order valence-corrected chi connectivity index (χ4v) is 2.39. The molecule has 0 spiro atoms. The van der Waals surface area contributed by atoms with E-state index >= 15 is 0 Å². The van der Waals surface area contributed by atoms with Crippen molar-refractivity contribution in [3.8, 4) is 5.75 Å². The van der Waals surface area contributed by atoms with Crippen molar-refractivity contribution in [2.24, 2.45) is 0 Å². The van der Waals surface area contributed by atoms with Gasteiger partial charge in [0.05, 0.1) is 12.1 Å². The summed E-state index contributed by atoms with van der Waals surface area (Å²) in [4.78, 5) is 11.8. The maximum Gasteiger partial charge on any atom is 0.248 e. The van der Waals surface area contributed by atoms with Gasteiger partial charge in [0.2, 0.25) is 5.91 Å². The number of carbonyl (C=O) groups excluding carboxylic acids is 1. The Morgan fingerprint density at radius 3 is 2.55 bits per heavy atom. The van der Waals surface area contributed by atoms with E-state index in [1.807, 2.05) is 0 Å². The SMILES string of the molecule is COc1c(Cl)cc(Cl)cc1C=CC(=O)Nc1ccc(F)cc1. The molecule has 6 heteroatoms. The van der Waals surface area contributed by atoms with Crippen molar-refractivity contribution in [2.45, 2.75) is 0 Å². The Kier molecular flexibility index (Phi) is 5.41. The molecule has 0 bridgehead atoms. The number of anilines is 1. The summed E-state index contributed by atoms with van der Waals surface area (Å²) in [5.74, 6) is -0.312. The first-order valence-corrected chi connectivity index (χ1v) is 7.03. The minimum atomic E-state index is -0.371. The van der Waals surface area contributed by atoms with Gasteiger partial charge in [0.15, 0.2) is 0 Å². The van der Waals surface area contributed by atoms with Crippen LogP contribution in [0.5, 0.6) is 5.75 Å². The summed E-state index contributed by atoms with van der Waals surface area (Å²) in [6.45, 7) is 0. The molecule has 0 saturated heterocycles. The molecular formula is C16H12Cl2FNO2. The zero-order chi connectivity index (χ0) is 16.1. The predicted octanol–water partition coefficient (Wildman–Crippen LogP) is 4.79. The molecule has 2 aromatic carbocycles. The van der Waals surface area contributed by atoms with Crippen LogP contribution in [0.15, 0.2) is 42.5 Å². The Bertz CT molecular complexity index is 715. The topological polar surface area (TPSA) is 38.3 Å². The van der Waals surface area contributed by atoms with E-state index in [4.69, 9.17) is 27.9 Å². The largest absolute Gasteiger partial charge is 0.495 e. The third-order valence-corrected chi connectivity index (χ3v) is 3.27. The highest BCUT2D eigenvalue weighted by Gasteiger charge is 2.08. The third kappa shape index (κ3) is 4.23. The lowest BCUT2D eigenvalue weighted by Gasteiger charge is -2.08. The summed E-state index contributed by atoms with van der Waals surface area (Å²) < 4.78 is 18.0. The maximum absolute atomic E-state index is 12.8. The minimum absolute atomic E-state index is 0.355. The van der Waals surface area contributed by atoms with Gasteiger partial charge in [0.25, 0.3) is 0 Å². The lowest BCUT2D eigenvalue weighted by atomic mass is 10.2. The first-order chi connectivity index (χ1) is 10.5. The van der Waals surface area contributed by atoms with Gasteiger partial charge >= 0.3 is 0 Å². The molecule has 0 aromatic heterocycles. The van der Waals surface area contributed by atoms with E-state index in [9.17, 15) is 9.18 Å². The van der Waals surface area contributed by atoms with E-state index in [0.717, 1.165) is 0 Å². The maximum atomic E-state index is 12.8. The van der Waals surface area contributed by atoms with Crippen LogP contribution in [-0.2, 0) is 4.79 Å². The van der Waals surface area contributed by atoms with Gasteiger partial charge in [-0.25, -0.2) is 4.39 Å². The molecule has 0 saturated carbocycles. The predicted molar refractivity (Wildman–Crippen MR) is 87.1 cm³/mol. The molecule has 0 aliphatic rings. The number of methoxy groups -OCH3 is 1. The van der Waals surface area contributed by atoms with Crippen molar-refractivity contribution in [2.75, 3.05) is 12.4 Å². The second-order valence-corrected chi connectivity index (χ2v) is 5.18. The Hall–Kier alpha value is -2.04. The van der Waals surface area contributed by atoms with Crippen LogP contribution in [0.4, 0.5) is 10.1 Å². The average Bonchev–Trinajstić information content (AvgIpc) is 2.47. The first kappa shape index (κ1) is 16.3. The number of rotatable bonds is 4. The smallest absolute Gasteiger partial charge is 0.248 e. The molecule has 2 rings (SSSR count). The Morgan fingerprint density at radius 2 is 1.91 bits per heavy atom. The van der Waals surface area contributed by atoms with Crippen LogP contribution in [0.25, 0.3) is 6.08 Å². The molecule has 0 heterocycles. The van der Waals surface area contributed by atoms with E-state index in [2.05, 4.69) is 5.32 Å². The van der Waals surface area contributed by atoms with Crippen LogP contribution < -0.4 is 10.1 Å². The van der Waals surface area contributed by atoms with Crippen molar-refractivity contribution in [3.63, 3.8) is 0 Å². The molecule has 22 heavy (non-hydrogen) atoms. The van der Waals surface area contributed by atoms with Crippen LogP contribution >= 0.6 is 23.2 Å². The number of hydrogen-bond donors (Lipinski definition) is 1. The fraction of sp³-hybridized carbons (Fsp3) is 0.0625. The number of carbonyl (C=O) groups is 1. The number of benzene rings is 2. The van der Waals surface area contributed by atoms with Crippen LogP contribution in [0.1, 0.15) is 5.56 Å². The molecule has 0 fully saturated rings. The van der Waals surface area contributed by atoms with Gasteiger partial charge in [-0.2, -0.15) is 0 Å². The standard InChI is InChI=1S/C16H12Cl2FNO2/c1-22-16-10(8-11(17)9-14(16)18)2-7-15(21)20-13-5-3-12(19)4-6-13/h2-9H,1H3,(H,20,21). The molecular weight excluding hydrogens is 328 g/mol. The summed E-state index contributed by atoms with van der Waals surface area (Å²) in [5.41, 5.74) is 1.07. The highest BCUT2D eigenvalue weighted by atomic mass is 35.5. The summed E-state index contributed by atoms with van der Waals surface area (Å²) in [6.07, 6.45) is 2.85. The molecule has 1 N–H and O–H groups in total. The van der Waals surface area contributed by atoms with Gasteiger partial charge < -0.3 is 10.1 Å². The Morgan fingerprint density at radius 1 is 1.23 bits per heavy atom. The van der Waals surface area contributed by atoms with E-state index in [1.54, 1.807) is 12.1 Å². The number of amides is 1. The molecule has 1 amide bonds. The van der Waals surface area contributed by atoms with Gasteiger partial charge in [0, 0.05) is 22.3 Å². The summed E-state index contributed by atoms with van der Waals surface area (Å²) in [5, 5.41) is 3.40. The van der Waals surface area contributed by atoms with E-state index in [1.165, 1.54) is 43.5 Å². The second-order valence-electron chi connectivity index (χ2n) is 4.34. The van der Waals surface area contributed by atoms with Gasteiger partial charge in [-0.05, 0) is 42.5 Å². The zero-order valence-electron chi connectivity index (χ0n) is 11.6. The summed E-state index contributed by atoms with van der Waals surface area (Å²) in [6, 6.07) is 8.65. The number of ether oxygens (including phenoxy) is 1. The van der Waals surface area contributed by atoms with Crippen molar-refractivity contribution in [1.82, 2.24) is 0 Å². The molecule has 0 aliphatic heterocycles. The quantitative estimate of drug-likeness (QED) is 0.813. The molecule has 114 valence electrons. The summed E-state index contributed by atoms with van der Waals surface area (Å²) in [7, 11) is 1.48. The highest BCUT2D eigenvalue weighted by Crippen LogP contribution is 2.32. The first-order valence-electron chi connectivity index (χ1n) is 6.27. The minimum Gasteiger partial charge on any atom is -0.495 e. The van der Waals surface area contributed by atoms with E-state index in [0.29, 0.717) is 27.0 Å². The number of hydrogen-bond acceptors (Lipinski definition) is 2. The van der Waals surface area contributed by atoms with Gasteiger partial charge in [-0.3, -0.25) is 4.79 Å². The monoisotopic (exact) mass is 339 g/mol. The van der Waals surface area contributed by atoms with Crippen LogP contribution in [0, 0.1) is 5.82 Å².